The quantitative estimate of drug-likeness (QED) is 0.564. The van der Waals surface area contributed by atoms with Crippen molar-refractivity contribution in [2.75, 3.05) is 11.1 Å². The van der Waals surface area contributed by atoms with Crippen LogP contribution in [0.1, 0.15) is 18.9 Å². The van der Waals surface area contributed by atoms with Crippen LogP contribution in [0, 0.1) is 6.92 Å². The Morgan fingerprint density at radius 2 is 1.96 bits per heavy atom. The number of hydrogen-bond donors (Lipinski definition) is 1. The van der Waals surface area contributed by atoms with Crippen molar-refractivity contribution in [2.45, 2.75) is 32.0 Å². The molecule has 0 aliphatic heterocycles. The second-order valence-corrected chi connectivity index (χ2v) is 7.47. The number of rotatable bonds is 7. The van der Waals surface area contributed by atoms with Crippen LogP contribution in [0.2, 0.25) is 5.02 Å². The Morgan fingerprint density at radius 1 is 1.19 bits per heavy atom. The van der Waals surface area contributed by atoms with Crippen LogP contribution < -0.4 is 5.32 Å². The van der Waals surface area contributed by atoms with Crippen LogP contribution in [0.5, 0.6) is 0 Å². The number of carbonyl (C=O) groups is 1. The van der Waals surface area contributed by atoms with Gasteiger partial charge < -0.3 is 9.88 Å². The highest BCUT2D eigenvalue weighted by molar-refractivity contribution is 7.99. The second kappa shape index (κ2) is 9.06. The molecular weight excluding hydrogens is 380 g/mol. The zero-order chi connectivity index (χ0) is 19.2. The van der Waals surface area contributed by atoms with Gasteiger partial charge in [0, 0.05) is 22.8 Å². The van der Waals surface area contributed by atoms with Crippen molar-refractivity contribution in [3.63, 3.8) is 0 Å². The van der Waals surface area contributed by atoms with E-state index in [9.17, 15) is 4.79 Å². The van der Waals surface area contributed by atoms with E-state index in [4.69, 9.17) is 11.6 Å². The molecule has 0 atom stereocenters. The van der Waals surface area contributed by atoms with Gasteiger partial charge in [-0.25, -0.2) is 0 Å². The lowest BCUT2D eigenvalue weighted by atomic mass is 10.2. The first-order chi connectivity index (χ1) is 13.1. The van der Waals surface area contributed by atoms with Gasteiger partial charge in [-0.15, -0.1) is 10.2 Å². The summed E-state index contributed by atoms with van der Waals surface area (Å²) in [6, 6.07) is 15.4. The van der Waals surface area contributed by atoms with Crippen LogP contribution in [-0.2, 0) is 11.3 Å². The number of aryl methyl sites for hydroxylation is 1. The molecule has 3 aromatic rings. The zero-order valence-corrected chi connectivity index (χ0v) is 16.8. The van der Waals surface area contributed by atoms with Crippen molar-refractivity contribution >= 4 is 35.0 Å². The predicted octanol–water partition coefficient (Wildman–Crippen LogP) is 5.05. The van der Waals surface area contributed by atoms with Crippen molar-refractivity contribution in [3.05, 3.63) is 59.1 Å². The van der Waals surface area contributed by atoms with Gasteiger partial charge in [-0.2, -0.15) is 0 Å². The molecule has 7 heteroatoms. The summed E-state index contributed by atoms with van der Waals surface area (Å²) in [6.07, 6.45) is 0.958. The standard InChI is InChI=1S/C20H21ClN4OS/c1-3-11-25-19(15-7-5-4-6-8-15)23-24-20(25)27-13-18(26)22-16-10-9-14(2)17(21)12-16/h4-10,12H,3,11,13H2,1-2H3,(H,22,26). The molecule has 1 aromatic heterocycles. The fourth-order valence-electron chi connectivity index (χ4n) is 2.62. The average Bonchev–Trinajstić information content (AvgIpc) is 3.07. The van der Waals surface area contributed by atoms with Gasteiger partial charge in [0.1, 0.15) is 0 Å². The van der Waals surface area contributed by atoms with Crippen LogP contribution >= 0.6 is 23.4 Å². The minimum atomic E-state index is -0.104. The highest BCUT2D eigenvalue weighted by Crippen LogP contribution is 2.25. The van der Waals surface area contributed by atoms with Gasteiger partial charge >= 0.3 is 0 Å². The van der Waals surface area contributed by atoms with Crippen LogP contribution in [0.4, 0.5) is 5.69 Å². The van der Waals surface area contributed by atoms with Gasteiger partial charge in [-0.1, -0.05) is 66.7 Å². The Hall–Kier alpha value is -2.31. The number of aromatic nitrogens is 3. The minimum absolute atomic E-state index is 0.104. The first kappa shape index (κ1) is 19.5. The number of thioether (sulfide) groups is 1. The molecule has 0 spiro atoms. The van der Waals surface area contributed by atoms with Gasteiger partial charge in [-0.3, -0.25) is 4.79 Å². The Labute approximate surface area is 168 Å². The Bertz CT molecular complexity index is 927. The topological polar surface area (TPSA) is 59.8 Å². The van der Waals surface area contributed by atoms with Gasteiger partial charge in [0.25, 0.3) is 0 Å². The normalized spacial score (nSPS) is 10.8. The first-order valence-electron chi connectivity index (χ1n) is 8.76. The summed E-state index contributed by atoms with van der Waals surface area (Å²) in [6.45, 7) is 4.83. The summed E-state index contributed by atoms with van der Waals surface area (Å²) in [4.78, 5) is 12.3. The molecule has 140 valence electrons. The molecule has 0 saturated heterocycles. The van der Waals surface area contributed by atoms with Gasteiger partial charge in [0.15, 0.2) is 11.0 Å². The third-order valence-corrected chi connectivity index (χ3v) is 5.36. The molecule has 0 bridgehead atoms. The smallest absolute Gasteiger partial charge is 0.234 e. The summed E-state index contributed by atoms with van der Waals surface area (Å²) in [5.74, 6) is 0.972. The predicted molar refractivity (Wildman–Crippen MR) is 111 cm³/mol. The number of nitrogens with one attached hydrogen (secondary N) is 1. The van der Waals surface area contributed by atoms with Gasteiger partial charge in [-0.05, 0) is 31.0 Å². The molecule has 1 heterocycles. The van der Waals surface area contributed by atoms with Crippen molar-refractivity contribution in [1.82, 2.24) is 14.8 Å². The van der Waals surface area contributed by atoms with Gasteiger partial charge in [0.2, 0.25) is 5.91 Å². The number of nitrogens with zero attached hydrogens (tertiary/aromatic N) is 3. The van der Waals surface area contributed by atoms with E-state index in [1.165, 1.54) is 11.8 Å². The lowest BCUT2D eigenvalue weighted by molar-refractivity contribution is -0.113. The van der Waals surface area contributed by atoms with Crippen molar-refractivity contribution in [1.29, 1.82) is 0 Å². The number of anilines is 1. The summed E-state index contributed by atoms with van der Waals surface area (Å²) in [5.41, 5.74) is 2.69. The van der Waals surface area contributed by atoms with Crippen LogP contribution in [0.15, 0.2) is 53.7 Å². The highest BCUT2D eigenvalue weighted by atomic mass is 35.5. The molecule has 27 heavy (non-hydrogen) atoms. The average molecular weight is 401 g/mol. The fourth-order valence-corrected chi connectivity index (χ4v) is 3.56. The molecule has 3 rings (SSSR count). The monoisotopic (exact) mass is 400 g/mol. The number of benzene rings is 2. The van der Waals surface area contributed by atoms with E-state index in [2.05, 4.69) is 27.0 Å². The van der Waals surface area contributed by atoms with Crippen LogP contribution in [-0.4, -0.2) is 26.4 Å². The van der Waals surface area contributed by atoms with E-state index in [0.717, 1.165) is 35.1 Å². The molecule has 0 aliphatic rings. The molecule has 0 saturated carbocycles. The molecule has 1 N–H and O–H groups in total. The lowest BCUT2D eigenvalue weighted by Crippen LogP contribution is -2.14. The minimum Gasteiger partial charge on any atom is -0.325 e. The maximum Gasteiger partial charge on any atom is 0.234 e. The molecule has 1 amide bonds. The number of hydrogen-bond acceptors (Lipinski definition) is 4. The van der Waals surface area contributed by atoms with Crippen LogP contribution in [0.3, 0.4) is 0 Å². The van der Waals surface area contributed by atoms with E-state index >= 15 is 0 Å². The van der Waals surface area contributed by atoms with E-state index in [1.54, 1.807) is 6.07 Å². The molecule has 0 unspecified atom stereocenters. The third kappa shape index (κ3) is 4.90. The van der Waals surface area contributed by atoms with E-state index in [0.29, 0.717) is 10.7 Å². The third-order valence-electron chi connectivity index (χ3n) is 3.98. The zero-order valence-electron chi connectivity index (χ0n) is 15.3. The van der Waals surface area contributed by atoms with E-state index in [1.807, 2.05) is 49.4 Å². The molecule has 0 radical (unpaired) electrons. The molecule has 0 aliphatic carbocycles. The first-order valence-corrected chi connectivity index (χ1v) is 10.1. The Kier molecular flexibility index (Phi) is 6.53. The molecule has 0 fully saturated rings. The van der Waals surface area contributed by atoms with E-state index in [-0.39, 0.29) is 11.7 Å². The fraction of sp³-hybridized carbons (Fsp3) is 0.250. The summed E-state index contributed by atoms with van der Waals surface area (Å²) >= 11 is 7.49. The summed E-state index contributed by atoms with van der Waals surface area (Å²) < 4.78 is 2.07. The highest BCUT2D eigenvalue weighted by Gasteiger charge is 2.15. The molecule has 2 aromatic carbocycles. The van der Waals surface area contributed by atoms with E-state index < -0.39 is 0 Å². The van der Waals surface area contributed by atoms with Crippen molar-refractivity contribution in [2.24, 2.45) is 0 Å². The van der Waals surface area contributed by atoms with Crippen LogP contribution in [0.25, 0.3) is 11.4 Å². The SMILES string of the molecule is CCCn1c(SCC(=O)Nc2ccc(C)c(Cl)c2)nnc1-c1ccccc1. The summed E-state index contributed by atoms with van der Waals surface area (Å²) in [5, 5.41) is 12.9. The number of amides is 1. The number of carbonyl (C=O) groups excluding carboxylic acids is 1. The number of halogens is 1. The molecule has 5 nitrogen and oxygen atoms in total. The lowest BCUT2D eigenvalue weighted by Gasteiger charge is -2.09. The van der Waals surface area contributed by atoms with Crippen molar-refractivity contribution < 1.29 is 4.79 Å². The van der Waals surface area contributed by atoms with Crippen molar-refractivity contribution in [3.8, 4) is 11.4 Å². The Balaban J connectivity index is 1.69. The maximum absolute atomic E-state index is 12.3. The Morgan fingerprint density at radius 3 is 2.67 bits per heavy atom. The molecular formula is C20H21ClN4OS. The van der Waals surface area contributed by atoms with Gasteiger partial charge in [0.05, 0.1) is 5.75 Å². The second-order valence-electron chi connectivity index (χ2n) is 6.12. The maximum atomic E-state index is 12.3. The summed E-state index contributed by atoms with van der Waals surface area (Å²) in [7, 11) is 0. The largest absolute Gasteiger partial charge is 0.325 e.